The standard InChI is InChI=1S/C16H20O3/c1-11-9-14(18)16(15(19)10-11)13(17)8-7-12-5-3-2-4-6-12/h7-9,12,17H,2-6,10H2,1H3/b8-7+,16-13?. The molecule has 0 aromatic heterocycles. The van der Waals surface area contributed by atoms with Crippen LogP contribution in [0.15, 0.2) is 35.1 Å². The minimum Gasteiger partial charge on any atom is -0.507 e. The van der Waals surface area contributed by atoms with Crippen molar-refractivity contribution in [1.29, 1.82) is 0 Å². The predicted octanol–water partition coefficient (Wildman–Crippen LogP) is 3.42. The van der Waals surface area contributed by atoms with Crippen LogP contribution in [0.3, 0.4) is 0 Å². The van der Waals surface area contributed by atoms with E-state index in [0.717, 1.165) is 18.4 Å². The highest BCUT2D eigenvalue weighted by atomic mass is 16.3. The van der Waals surface area contributed by atoms with Crippen LogP contribution in [0.25, 0.3) is 0 Å². The van der Waals surface area contributed by atoms with Crippen molar-refractivity contribution in [3.8, 4) is 0 Å². The van der Waals surface area contributed by atoms with Crippen LogP contribution in [0.4, 0.5) is 0 Å². The lowest BCUT2D eigenvalue weighted by Gasteiger charge is -2.17. The molecule has 0 saturated heterocycles. The molecule has 1 N–H and O–H groups in total. The summed E-state index contributed by atoms with van der Waals surface area (Å²) in [5.41, 5.74) is 0.695. The Kier molecular flexibility index (Phi) is 4.35. The van der Waals surface area contributed by atoms with Crippen LogP contribution in [0.1, 0.15) is 45.4 Å². The van der Waals surface area contributed by atoms with E-state index in [9.17, 15) is 14.7 Å². The predicted molar refractivity (Wildman–Crippen MR) is 73.8 cm³/mol. The maximum atomic E-state index is 11.8. The molecule has 3 nitrogen and oxygen atoms in total. The third-order valence-electron chi connectivity index (χ3n) is 3.77. The quantitative estimate of drug-likeness (QED) is 0.470. The summed E-state index contributed by atoms with van der Waals surface area (Å²) in [6, 6.07) is 0. The molecule has 2 aliphatic carbocycles. The SMILES string of the molecule is CC1=CC(=O)C(=C(O)/C=C/C2CCCCC2)C(=O)C1. The summed E-state index contributed by atoms with van der Waals surface area (Å²) in [7, 11) is 0. The summed E-state index contributed by atoms with van der Waals surface area (Å²) in [5.74, 6) is -0.373. The number of aliphatic hydroxyl groups is 1. The molecule has 102 valence electrons. The Morgan fingerprint density at radius 2 is 1.95 bits per heavy atom. The van der Waals surface area contributed by atoms with Gasteiger partial charge in [-0.2, -0.15) is 0 Å². The number of aliphatic hydroxyl groups excluding tert-OH is 1. The maximum absolute atomic E-state index is 11.8. The fourth-order valence-electron chi connectivity index (χ4n) is 2.73. The van der Waals surface area contributed by atoms with Gasteiger partial charge in [0.25, 0.3) is 0 Å². The second-order valence-electron chi connectivity index (χ2n) is 5.47. The van der Waals surface area contributed by atoms with E-state index in [4.69, 9.17) is 0 Å². The highest BCUT2D eigenvalue weighted by molar-refractivity contribution is 6.27. The summed E-state index contributed by atoms with van der Waals surface area (Å²) in [5, 5.41) is 9.95. The van der Waals surface area contributed by atoms with Crippen molar-refractivity contribution < 1.29 is 14.7 Å². The van der Waals surface area contributed by atoms with Crippen LogP contribution in [0.5, 0.6) is 0 Å². The second-order valence-corrected chi connectivity index (χ2v) is 5.47. The molecule has 2 aliphatic rings. The summed E-state index contributed by atoms with van der Waals surface area (Å²) >= 11 is 0. The first-order valence-electron chi connectivity index (χ1n) is 6.94. The molecule has 0 aliphatic heterocycles. The zero-order chi connectivity index (χ0) is 13.8. The fraction of sp³-hybridized carbons (Fsp3) is 0.500. The number of hydrogen-bond donors (Lipinski definition) is 1. The molecule has 0 amide bonds. The number of Topliss-reactive ketones (excluding diaryl/α,β-unsaturated/α-hetero) is 1. The van der Waals surface area contributed by atoms with Crippen molar-refractivity contribution in [2.75, 3.05) is 0 Å². The average molecular weight is 260 g/mol. The first kappa shape index (κ1) is 13.8. The molecule has 0 radical (unpaired) electrons. The number of carbonyl (C=O) groups is 2. The van der Waals surface area contributed by atoms with E-state index in [1.54, 1.807) is 6.92 Å². The van der Waals surface area contributed by atoms with Crippen molar-refractivity contribution in [3.05, 3.63) is 35.1 Å². The van der Waals surface area contributed by atoms with Gasteiger partial charge in [-0.15, -0.1) is 0 Å². The van der Waals surface area contributed by atoms with Gasteiger partial charge in [0.2, 0.25) is 0 Å². The van der Waals surface area contributed by atoms with E-state index < -0.39 is 0 Å². The van der Waals surface area contributed by atoms with E-state index in [1.807, 2.05) is 6.08 Å². The lowest BCUT2D eigenvalue weighted by atomic mass is 9.88. The van der Waals surface area contributed by atoms with Crippen molar-refractivity contribution in [2.45, 2.75) is 45.4 Å². The van der Waals surface area contributed by atoms with Gasteiger partial charge >= 0.3 is 0 Å². The first-order chi connectivity index (χ1) is 9.08. The molecular weight excluding hydrogens is 240 g/mol. The molecule has 0 spiro atoms. The van der Waals surface area contributed by atoms with E-state index in [2.05, 4.69) is 0 Å². The minimum atomic E-state index is -0.375. The molecule has 1 saturated carbocycles. The van der Waals surface area contributed by atoms with Crippen molar-refractivity contribution in [2.24, 2.45) is 5.92 Å². The van der Waals surface area contributed by atoms with E-state index in [-0.39, 0.29) is 29.3 Å². The Labute approximate surface area is 113 Å². The van der Waals surface area contributed by atoms with Crippen LogP contribution >= 0.6 is 0 Å². The molecule has 3 heteroatoms. The lowest BCUT2D eigenvalue weighted by Crippen LogP contribution is -2.18. The van der Waals surface area contributed by atoms with E-state index in [1.165, 1.54) is 31.4 Å². The van der Waals surface area contributed by atoms with E-state index in [0.29, 0.717) is 5.92 Å². The molecule has 2 rings (SSSR count). The molecule has 0 aromatic carbocycles. The second kappa shape index (κ2) is 6.00. The Hall–Kier alpha value is -1.64. The van der Waals surface area contributed by atoms with Gasteiger partial charge < -0.3 is 5.11 Å². The summed E-state index contributed by atoms with van der Waals surface area (Å²) in [6.07, 6.45) is 11.1. The zero-order valence-corrected chi connectivity index (χ0v) is 11.3. The van der Waals surface area contributed by atoms with Crippen LogP contribution in [-0.2, 0) is 9.59 Å². The van der Waals surface area contributed by atoms with Gasteiger partial charge in [-0.25, -0.2) is 0 Å². The third kappa shape index (κ3) is 3.43. The third-order valence-corrected chi connectivity index (χ3v) is 3.77. The number of hydrogen-bond acceptors (Lipinski definition) is 3. The van der Waals surface area contributed by atoms with Crippen LogP contribution in [0, 0.1) is 5.92 Å². The van der Waals surface area contributed by atoms with Gasteiger partial charge in [0.15, 0.2) is 11.6 Å². The molecule has 0 unspecified atom stereocenters. The first-order valence-corrected chi connectivity index (χ1v) is 6.94. The normalized spacial score (nSPS) is 24.8. The number of carbonyl (C=O) groups excluding carboxylic acids is 2. The van der Waals surface area contributed by atoms with Crippen molar-refractivity contribution in [1.82, 2.24) is 0 Å². The largest absolute Gasteiger partial charge is 0.507 e. The van der Waals surface area contributed by atoms with Crippen molar-refractivity contribution >= 4 is 11.6 Å². The Balaban J connectivity index is 2.14. The topological polar surface area (TPSA) is 54.4 Å². The molecule has 0 aromatic rings. The molecule has 1 fully saturated rings. The Bertz CT molecular complexity index is 474. The minimum absolute atomic E-state index is 0.0577. The molecule has 0 bridgehead atoms. The van der Waals surface area contributed by atoms with Gasteiger partial charge in [0, 0.05) is 6.42 Å². The van der Waals surface area contributed by atoms with Gasteiger partial charge in [-0.05, 0) is 37.8 Å². The fourth-order valence-corrected chi connectivity index (χ4v) is 2.73. The van der Waals surface area contributed by atoms with Crippen LogP contribution in [-0.4, -0.2) is 16.7 Å². The average Bonchev–Trinajstić information content (AvgIpc) is 2.36. The van der Waals surface area contributed by atoms with Crippen LogP contribution in [0.2, 0.25) is 0 Å². The smallest absolute Gasteiger partial charge is 0.193 e. The maximum Gasteiger partial charge on any atom is 0.193 e. The summed E-state index contributed by atoms with van der Waals surface area (Å²) in [6.45, 7) is 1.75. The lowest BCUT2D eigenvalue weighted by molar-refractivity contribution is -0.120. The Morgan fingerprint density at radius 3 is 2.58 bits per heavy atom. The number of allylic oxidation sites excluding steroid dienone is 5. The van der Waals surface area contributed by atoms with Gasteiger partial charge in [-0.3, -0.25) is 9.59 Å². The highest BCUT2D eigenvalue weighted by Crippen LogP contribution is 2.25. The Morgan fingerprint density at radius 1 is 1.26 bits per heavy atom. The number of rotatable bonds is 2. The molecule has 19 heavy (non-hydrogen) atoms. The van der Waals surface area contributed by atoms with Gasteiger partial charge in [0.1, 0.15) is 11.3 Å². The van der Waals surface area contributed by atoms with Crippen molar-refractivity contribution in [3.63, 3.8) is 0 Å². The zero-order valence-electron chi connectivity index (χ0n) is 11.3. The van der Waals surface area contributed by atoms with Crippen LogP contribution < -0.4 is 0 Å². The molecular formula is C16H20O3. The summed E-state index contributed by atoms with van der Waals surface area (Å²) in [4.78, 5) is 23.6. The van der Waals surface area contributed by atoms with Gasteiger partial charge in [0.05, 0.1) is 0 Å². The molecule has 0 atom stereocenters. The molecule has 0 heterocycles. The van der Waals surface area contributed by atoms with E-state index >= 15 is 0 Å². The monoisotopic (exact) mass is 260 g/mol. The summed E-state index contributed by atoms with van der Waals surface area (Å²) < 4.78 is 0. The van der Waals surface area contributed by atoms with Gasteiger partial charge in [-0.1, -0.05) is 30.9 Å². The number of ketones is 2. The highest BCUT2D eigenvalue weighted by Gasteiger charge is 2.25.